The van der Waals surface area contributed by atoms with Crippen molar-refractivity contribution in [3.8, 4) is 0 Å². The highest BCUT2D eigenvalue weighted by molar-refractivity contribution is 5.70. The van der Waals surface area contributed by atoms with Crippen LogP contribution >= 0.6 is 0 Å². The summed E-state index contributed by atoms with van der Waals surface area (Å²) in [4.78, 5) is 27.9. The maximum Gasteiger partial charge on any atom is 0.410 e. The number of nitrogens with zero attached hydrogens (tertiary/aromatic N) is 2. The molecular weight excluding hydrogens is 308 g/mol. The number of ether oxygens (including phenoxy) is 2. The fourth-order valence-electron chi connectivity index (χ4n) is 2.56. The van der Waals surface area contributed by atoms with Crippen molar-refractivity contribution in [2.24, 2.45) is 0 Å². The molecule has 2 atom stereocenters. The molecule has 6 heteroatoms. The lowest BCUT2D eigenvalue weighted by atomic mass is 9.94. The maximum absolute atomic E-state index is 12.4. The highest BCUT2D eigenvalue weighted by Gasteiger charge is 2.36. The number of carbonyl (C=O) groups excluding carboxylic acids is 2. The molecule has 1 rings (SSSR count). The summed E-state index contributed by atoms with van der Waals surface area (Å²) in [6.45, 7) is 11.0. The third-order valence-electron chi connectivity index (χ3n) is 3.72. The first kappa shape index (κ1) is 20.3. The Bertz CT molecular complexity index is 444. The number of carbonyl (C=O) groups is 2. The molecule has 1 aliphatic carbocycles. The van der Waals surface area contributed by atoms with Crippen LogP contribution in [0.3, 0.4) is 0 Å². The highest BCUT2D eigenvalue weighted by atomic mass is 16.6. The van der Waals surface area contributed by atoms with E-state index in [1.54, 1.807) is 23.9 Å². The van der Waals surface area contributed by atoms with Gasteiger partial charge in [0.25, 0.3) is 0 Å². The zero-order chi connectivity index (χ0) is 18.7. The topological polar surface area (TPSA) is 59.1 Å². The summed E-state index contributed by atoms with van der Waals surface area (Å²) in [6.07, 6.45) is 4.65. The van der Waals surface area contributed by atoms with Gasteiger partial charge in [-0.25, -0.2) is 9.59 Å². The molecule has 0 unspecified atom stereocenters. The molecule has 0 aromatic rings. The van der Waals surface area contributed by atoms with Gasteiger partial charge in [-0.2, -0.15) is 0 Å². The Labute approximate surface area is 145 Å². The van der Waals surface area contributed by atoms with Gasteiger partial charge in [0, 0.05) is 14.1 Å². The fourth-order valence-corrected chi connectivity index (χ4v) is 2.56. The summed E-state index contributed by atoms with van der Waals surface area (Å²) in [6, 6.07) is -0.301. The van der Waals surface area contributed by atoms with E-state index in [4.69, 9.17) is 9.47 Å². The van der Waals surface area contributed by atoms with Gasteiger partial charge in [0.1, 0.15) is 11.2 Å². The van der Waals surface area contributed by atoms with Crippen molar-refractivity contribution in [2.45, 2.75) is 77.7 Å². The quantitative estimate of drug-likeness (QED) is 0.717. The predicted molar refractivity (Wildman–Crippen MR) is 93.9 cm³/mol. The van der Waals surface area contributed by atoms with E-state index in [0.717, 1.165) is 0 Å². The second-order valence-corrected chi connectivity index (χ2v) is 8.26. The van der Waals surface area contributed by atoms with Crippen LogP contribution in [0.2, 0.25) is 0 Å². The Morgan fingerprint density at radius 1 is 0.792 bits per heavy atom. The molecule has 24 heavy (non-hydrogen) atoms. The SMILES string of the molecule is CN(C(=O)OC(C)(C)C)[C@@H]1CC=CC[C@H]1N(C)C(=O)OC(C)(C)C. The molecular formula is C18H32N2O4. The molecule has 0 aromatic heterocycles. The van der Waals surface area contributed by atoms with Crippen molar-refractivity contribution in [1.29, 1.82) is 0 Å². The Balaban J connectivity index is 2.87. The van der Waals surface area contributed by atoms with Gasteiger partial charge in [-0.05, 0) is 54.4 Å². The first-order chi connectivity index (χ1) is 10.8. The van der Waals surface area contributed by atoms with Gasteiger partial charge in [-0.3, -0.25) is 0 Å². The molecule has 0 N–H and O–H groups in total. The van der Waals surface area contributed by atoms with Gasteiger partial charge in [-0.15, -0.1) is 0 Å². The van der Waals surface area contributed by atoms with Crippen molar-refractivity contribution in [3.63, 3.8) is 0 Å². The van der Waals surface area contributed by atoms with Crippen LogP contribution in [0.4, 0.5) is 9.59 Å². The third kappa shape index (κ3) is 6.06. The van der Waals surface area contributed by atoms with Crippen LogP contribution in [0.1, 0.15) is 54.4 Å². The van der Waals surface area contributed by atoms with Crippen LogP contribution in [0.15, 0.2) is 12.2 Å². The van der Waals surface area contributed by atoms with Crippen LogP contribution in [0.25, 0.3) is 0 Å². The molecule has 0 spiro atoms. The molecule has 0 saturated carbocycles. The molecule has 138 valence electrons. The molecule has 0 heterocycles. The third-order valence-corrected chi connectivity index (χ3v) is 3.72. The van der Waals surface area contributed by atoms with Gasteiger partial charge < -0.3 is 19.3 Å². The fraction of sp³-hybridized carbons (Fsp3) is 0.778. The number of hydrogen-bond donors (Lipinski definition) is 0. The smallest absolute Gasteiger partial charge is 0.410 e. The zero-order valence-electron chi connectivity index (χ0n) is 16.3. The van der Waals surface area contributed by atoms with Crippen LogP contribution in [-0.2, 0) is 9.47 Å². The second kappa shape index (κ2) is 7.45. The van der Waals surface area contributed by atoms with E-state index < -0.39 is 11.2 Å². The van der Waals surface area contributed by atoms with Crippen LogP contribution < -0.4 is 0 Å². The molecule has 0 saturated heterocycles. The Morgan fingerprint density at radius 3 is 1.33 bits per heavy atom. The molecule has 0 bridgehead atoms. The van der Waals surface area contributed by atoms with E-state index in [1.165, 1.54) is 0 Å². The Kier molecular flexibility index (Phi) is 6.31. The van der Waals surface area contributed by atoms with Crippen molar-refractivity contribution < 1.29 is 19.1 Å². The van der Waals surface area contributed by atoms with E-state index in [9.17, 15) is 9.59 Å². The van der Waals surface area contributed by atoms with Crippen molar-refractivity contribution in [3.05, 3.63) is 12.2 Å². The molecule has 0 radical (unpaired) electrons. The molecule has 0 fully saturated rings. The summed E-state index contributed by atoms with van der Waals surface area (Å²) in [5, 5.41) is 0. The number of amides is 2. The number of rotatable bonds is 2. The van der Waals surface area contributed by atoms with Crippen molar-refractivity contribution in [2.75, 3.05) is 14.1 Å². The van der Waals surface area contributed by atoms with E-state index in [2.05, 4.69) is 0 Å². The summed E-state index contributed by atoms with van der Waals surface area (Å²) >= 11 is 0. The molecule has 0 aliphatic heterocycles. The lowest BCUT2D eigenvalue weighted by Crippen LogP contribution is -2.54. The molecule has 2 amide bonds. The first-order valence-electron chi connectivity index (χ1n) is 8.38. The van der Waals surface area contributed by atoms with E-state index in [0.29, 0.717) is 12.8 Å². The van der Waals surface area contributed by atoms with Gasteiger partial charge in [0.05, 0.1) is 12.1 Å². The minimum atomic E-state index is -0.553. The minimum Gasteiger partial charge on any atom is -0.444 e. The zero-order valence-corrected chi connectivity index (χ0v) is 16.3. The minimum absolute atomic E-state index is 0.151. The lowest BCUT2D eigenvalue weighted by Gasteiger charge is -2.41. The summed E-state index contributed by atoms with van der Waals surface area (Å²) < 4.78 is 10.9. The Morgan fingerprint density at radius 2 is 1.08 bits per heavy atom. The molecule has 6 nitrogen and oxygen atoms in total. The average Bonchev–Trinajstić information content (AvgIpc) is 2.42. The lowest BCUT2D eigenvalue weighted by molar-refractivity contribution is -0.00212. The standard InChI is InChI=1S/C18H32N2O4/c1-17(2,3)23-15(21)19(7)13-11-9-10-12-14(13)20(8)16(22)24-18(4,5)6/h9-10,13-14H,11-12H2,1-8H3/t13-,14-/m1/s1. The van der Waals surface area contributed by atoms with Crippen molar-refractivity contribution in [1.82, 2.24) is 9.80 Å². The Hall–Kier alpha value is -1.72. The summed E-state index contributed by atoms with van der Waals surface area (Å²) in [5.74, 6) is 0. The second-order valence-electron chi connectivity index (χ2n) is 8.26. The highest BCUT2D eigenvalue weighted by Crippen LogP contribution is 2.24. The van der Waals surface area contributed by atoms with E-state index in [-0.39, 0.29) is 24.3 Å². The molecule has 1 aliphatic rings. The average molecular weight is 340 g/mol. The van der Waals surface area contributed by atoms with Gasteiger partial charge in [-0.1, -0.05) is 12.2 Å². The monoisotopic (exact) mass is 340 g/mol. The van der Waals surface area contributed by atoms with Crippen LogP contribution in [-0.4, -0.2) is 59.4 Å². The van der Waals surface area contributed by atoms with Gasteiger partial charge >= 0.3 is 12.2 Å². The number of likely N-dealkylation sites (N-methyl/N-ethyl adjacent to an activating group) is 2. The van der Waals surface area contributed by atoms with Gasteiger partial charge in [0.2, 0.25) is 0 Å². The van der Waals surface area contributed by atoms with Crippen LogP contribution in [0, 0.1) is 0 Å². The summed E-state index contributed by atoms with van der Waals surface area (Å²) in [7, 11) is 3.43. The maximum atomic E-state index is 12.4. The first-order valence-corrected chi connectivity index (χ1v) is 8.38. The van der Waals surface area contributed by atoms with Crippen molar-refractivity contribution >= 4 is 12.2 Å². The summed E-state index contributed by atoms with van der Waals surface area (Å²) in [5.41, 5.74) is -1.11. The van der Waals surface area contributed by atoms with Crippen LogP contribution in [0.5, 0.6) is 0 Å². The van der Waals surface area contributed by atoms with E-state index in [1.807, 2.05) is 53.7 Å². The van der Waals surface area contributed by atoms with Gasteiger partial charge in [0.15, 0.2) is 0 Å². The largest absolute Gasteiger partial charge is 0.444 e. The molecule has 0 aromatic carbocycles. The predicted octanol–water partition coefficient (Wildman–Crippen LogP) is 3.81. The van der Waals surface area contributed by atoms with E-state index >= 15 is 0 Å². The number of hydrogen-bond acceptors (Lipinski definition) is 4. The normalized spacial score (nSPS) is 21.2.